The minimum absolute atomic E-state index is 0.150. The molecule has 0 heterocycles. The maximum atomic E-state index is 13.9. The molecule has 0 atom stereocenters. The van der Waals surface area contributed by atoms with E-state index in [0.29, 0.717) is 24.9 Å². The standard InChI is InChI=1S/C17H25BrFNO/c1-12(2)7-9-20(10-8-13(3)4)17(21)15-11-14(18)5-6-16(15)19/h5-6,11-13H,7-10H2,1-4H3. The van der Waals surface area contributed by atoms with E-state index in [-0.39, 0.29) is 11.5 Å². The average Bonchev–Trinajstić information content (AvgIpc) is 2.40. The maximum Gasteiger partial charge on any atom is 0.256 e. The Bertz CT molecular complexity index is 462. The van der Waals surface area contributed by atoms with Gasteiger partial charge in [0.15, 0.2) is 0 Å². The van der Waals surface area contributed by atoms with Gasteiger partial charge in [-0.25, -0.2) is 4.39 Å². The van der Waals surface area contributed by atoms with Crippen LogP contribution in [0.25, 0.3) is 0 Å². The lowest BCUT2D eigenvalue weighted by molar-refractivity contribution is 0.0736. The van der Waals surface area contributed by atoms with Crippen LogP contribution in [-0.4, -0.2) is 23.9 Å². The lowest BCUT2D eigenvalue weighted by Gasteiger charge is -2.25. The van der Waals surface area contributed by atoms with Crippen LogP contribution in [0.3, 0.4) is 0 Å². The molecule has 2 nitrogen and oxygen atoms in total. The van der Waals surface area contributed by atoms with E-state index in [1.165, 1.54) is 6.07 Å². The van der Waals surface area contributed by atoms with Gasteiger partial charge in [0.05, 0.1) is 5.56 Å². The molecule has 4 heteroatoms. The topological polar surface area (TPSA) is 20.3 Å². The molecular formula is C17H25BrFNO. The molecule has 0 spiro atoms. The fourth-order valence-corrected chi connectivity index (χ4v) is 2.34. The smallest absolute Gasteiger partial charge is 0.256 e. The summed E-state index contributed by atoms with van der Waals surface area (Å²) in [6.45, 7) is 9.87. The molecule has 1 aromatic carbocycles. The quantitative estimate of drug-likeness (QED) is 0.662. The van der Waals surface area contributed by atoms with Crippen molar-refractivity contribution in [1.29, 1.82) is 0 Å². The highest BCUT2D eigenvalue weighted by atomic mass is 79.9. The van der Waals surface area contributed by atoms with Crippen molar-refractivity contribution in [2.75, 3.05) is 13.1 Å². The number of benzene rings is 1. The van der Waals surface area contributed by atoms with E-state index in [1.807, 2.05) is 0 Å². The fourth-order valence-electron chi connectivity index (χ4n) is 1.97. The molecule has 1 rings (SSSR count). The van der Waals surface area contributed by atoms with Crippen LogP contribution in [-0.2, 0) is 0 Å². The first-order chi connectivity index (χ1) is 9.81. The van der Waals surface area contributed by atoms with Crippen LogP contribution in [0.4, 0.5) is 4.39 Å². The molecule has 118 valence electrons. The van der Waals surface area contributed by atoms with Gasteiger partial charge >= 0.3 is 0 Å². The first-order valence-corrected chi connectivity index (χ1v) is 8.35. The molecule has 0 N–H and O–H groups in total. The number of amides is 1. The number of hydrogen-bond donors (Lipinski definition) is 0. The summed E-state index contributed by atoms with van der Waals surface area (Å²) in [5, 5.41) is 0. The summed E-state index contributed by atoms with van der Waals surface area (Å²) in [6, 6.07) is 4.51. The number of carbonyl (C=O) groups is 1. The molecule has 0 aromatic heterocycles. The van der Waals surface area contributed by atoms with Gasteiger partial charge in [-0.3, -0.25) is 4.79 Å². The van der Waals surface area contributed by atoms with Gasteiger partial charge in [0.25, 0.3) is 5.91 Å². The van der Waals surface area contributed by atoms with E-state index in [9.17, 15) is 9.18 Å². The summed E-state index contributed by atoms with van der Waals surface area (Å²) in [5.74, 6) is 0.371. The van der Waals surface area contributed by atoms with Crippen molar-refractivity contribution in [1.82, 2.24) is 4.90 Å². The van der Waals surface area contributed by atoms with Crippen LogP contribution in [0.1, 0.15) is 50.9 Å². The van der Waals surface area contributed by atoms with Gasteiger partial charge in [-0.05, 0) is 42.9 Å². The van der Waals surface area contributed by atoms with Gasteiger partial charge in [-0.15, -0.1) is 0 Å². The molecule has 0 unspecified atom stereocenters. The lowest BCUT2D eigenvalue weighted by atomic mass is 10.1. The summed E-state index contributed by atoms with van der Waals surface area (Å²) in [7, 11) is 0. The summed E-state index contributed by atoms with van der Waals surface area (Å²) in [6.07, 6.45) is 1.86. The van der Waals surface area contributed by atoms with E-state index >= 15 is 0 Å². The molecule has 0 fully saturated rings. The summed E-state index contributed by atoms with van der Waals surface area (Å²) < 4.78 is 14.6. The Kier molecular flexibility index (Phi) is 7.36. The van der Waals surface area contributed by atoms with Crippen molar-refractivity contribution in [3.63, 3.8) is 0 Å². The molecule has 21 heavy (non-hydrogen) atoms. The first kappa shape index (κ1) is 18.1. The van der Waals surface area contributed by atoms with Crippen LogP contribution in [0, 0.1) is 17.7 Å². The van der Waals surface area contributed by atoms with Crippen LogP contribution < -0.4 is 0 Å². The molecule has 1 amide bonds. The van der Waals surface area contributed by atoms with Gasteiger partial charge in [-0.2, -0.15) is 0 Å². The second-order valence-corrected chi connectivity index (χ2v) is 7.20. The van der Waals surface area contributed by atoms with E-state index in [1.54, 1.807) is 17.0 Å². The summed E-state index contributed by atoms with van der Waals surface area (Å²) in [5.41, 5.74) is 0.150. The number of carbonyl (C=O) groups excluding carboxylic acids is 1. The molecule has 1 aromatic rings. The predicted molar refractivity (Wildman–Crippen MR) is 88.9 cm³/mol. The Morgan fingerprint density at radius 2 is 1.67 bits per heavy atom. The van der Waals surface area contributed by atoms with Gasteiger partial charge in [-0.1, -0.05) is 43.6 Å². The van der Waals surface area contributed by atoms with Crippen molar-refractivity contribution >= 4 is 21.8 Å². The van der Waals surface area contributed by atoms with Gasteiger partial charge in [0.1, 0.15) is 5.82 Å². The third kappa shape index (κ3) is 6.16. The maximum absolute atomic E-state index is 13.9. The predicted octanol–water partition coefficient (Wildman–Crippen LogP) is 5.12. The van der Waals surface area contributed by atoms with Gasteiger partial charge in [0.2, 0.25) is 0 Å². The molecule has 0 bridgehead atoms. The van der Waals surface area contributed by atoms with Crippen molar-refractivity contribution < 1.29 is 9.18 Å². The zero-order chi connectivity index (χ0) is 16.0. The Morgan fingerprint density at radius 1 is 1.14 bits per heavy atom. The molecule has 0 radical (unpaired) electrons. The minimum atomic E-state index is -0.456. The molecule has 0 saturated carbocycles. The third-order valence-corrected chi connectivity index (χ3v) is 3.89. The largest absolute Gasteiger partial charge is 0.339 e. The van der Waals surface area contributed by atoms with Crippen molar-refractivity contribution in [3.8, 4) is 0 Å². The van der Waals surface area contributed by atoms with Crippen molar-refractivity contribution in [3.05, 3.63) is 34.1 Å². The van der Waals surface area contributed by atoms with E-state index < -0.39 is 5.82 Å². The van der Waals surface area contributed by atoms with Crippen molar-refractivity contribution in [2.45, 2.75) is 40.5 Å². The minimum Gasteiger partial charge on any atom is -0.339 e. The van der Waals surface area contributed by atoms with E-state index in [0.717, 1.165) is 17.3 Å². The zero-order valence-corrected chi connectivity index (χ0v) is 14.9. The Hall–Kier alpha value is -0.900. The molecular weight excluding hydrogens is 333 g/mol. The lowest BCUT2D eigenvalue weighted by Crippen LogP contribution is -2.34. The molecule has 0 aliphatic rings. The highest BCUT2D eigenvalue weighted by Crippen LogP contribution is 2.18. The second kappa shape index (κ2) is 8.52. The highest BCUT2D eigenvalue weighted by molar-refractivity contribution is 9.10. The third-order valence-electron chi connectivity index (χ3n) is 3.40. The van der Waals surface area contributed by atoms with Gasteiger partial charge in [0, 0.05) is 17.6 Å². The number of halogens is 2. The Morgan fingerprint density at radius 3 is 2.14 bits per heavy atom. The molecule has 0 saturated heterocycles. The Balaban J connectivity index is 2.89. The second-order valence-electron chi connectivity index (χ2n) is 6.28. The monoisotopic (exact) mass is 357 g/mol. The highest BCUT2D eigenvalue weighted by Gasteiger charge is 2.20. The SMILES string of the molecule is CC(C)CCN(CCC(C)C)C(=O)c1cc(Br)ccc1F. The number of hydrogen-bond acceptors (Lipinski definition) is 1. The normalized spacial score (nSPS) is 11.2. The van der Waals surface area contributed by atoms with Crippen LogP contribution >= 0.6 is 15.9 Å². The zero-order valence-electron chi connectivity index (χ0n) is 13.3. The summed E-state index contributed by atoms with van der Waals surface area (Å²) in [4.78, 5) is 14.4. The van der Waals surface area contributed by atoms with Crippen molar-refractivity contribution in [2.24, 2.45) is 11.8 Å². The number of nitrogens with zero attached hydrogens (tertiary/aromatic N) is 1. The fraction of sp³-hybridized carbons (Fsp3) is 0.588. The number of rotatable bonds is 7. The average molecular weight is 358 g/mol. The summed E-state index contributed by atoms with van der Waals surface area (Å²) >= 11 is 3.30. The molecule has 0 aliphatic heterocycles. The Labute approximate surface area is 135 Å². The first-order valence-electron chi connectivity index (χ1n) is 7.55. The van der Waals surface area contributed by atoms with Gasteiger partial charge < -0.3 is 4.90 Å². The van der Waals surface area contributed by atoms with E-state index in [2.05, 4.69) is 43.6 Å². The van der Waals surface area contributed by atoms with Crippen LogP contribution in [0.2, 0.25) is 0 Å². The molecule has 0 aliphatic carbocycles. The van der Waals surface area contributed by atoms with E-state index in [4.69, 9.17) is 0 Å². The van der Waals surface area contributed by atoms with Crippen LogP contribution in [0.5, 0.6) is 0 Å². The van der Waals surface area contributed by atoms with Crippen LogP contribution in [0.15, 0.2) is 22.7 Å².